The van der Waals surface area contributed by atoms with Crippen LogP contribution in [0.25, 0.3) is 0 Å². The van der Waals surface area contributed by atoms with E-state index < -0.39 is 0 Å². The molecule has 25 heavy (non-hydrogen) atoms. The van der Waals surface area contributed by atoms with Crippen LogP contribution in [-0.2, 0) is 4.79 Å². The van der Waals surface area contributed by atoms with Crippen molar-refractivity contribution < 1.29 is 4.79 Å². The Morgan fingerprint density at radius 1 is 0.680 bits per heavy atom. The molecule has 0 bridgehead atoms. The van der Waals surface area contributed by atoms with Crippen molar-refractivity contribution in [2.24, 2.45) is 11.5 Å². The Balaban J connectivity index is 3.44. The predicted octanol–water partition coefficient (Wildman–Crippen LogP) is -0.138. The average Bonchev–Trinajstić information content (AvgIpc) is 2.60. The van der Waals surface area contributed by atoms with Crippen LogP contribution in [0.2, 0.25) is 0 Å². The number of nitrogens with zero attached hydrogens (tertiary/aromatic N) is 1. The van der Waals surface area contributed by atoms with Gasteiger partial charge in [0.05, 0.1) is 0 Å². The molecular formula is C18H42N6O. The topological polar surface area (TPSA) is 108 Å². The summed E-state index contributed by atoms with van der Waals surface area (Å²) in [6, 6.07) is 0. The first-order chi connectivity index (χ1) is 12.2. The fraction of sp³-hybridized carbons (Fsp3) is 0.944. The van der Waals surface area contributed by atoms with Gasteiger partial charge >= 0.3 is 0 Å². The Labute approximate surface area is 154 Å². The molecule has 150 valence electrons. The Hall–Kier alpha value is -0.730. The quantitative estimate of drug-likeness (QED) is 0.206. The molecule has 0 atom stereocenters. The standard InChI is InChI=1S/C18H42N6O/c1-18(25)24(16-6-14-22-11-4-9-20)17-7-15-23-13-5-12-21-10-3-2-8-19/h21-23H,2-17,19-20H2,1H3. The summed E-state index contributed by atoms with van der Waals surface area (Å²) in [5.41, 5.74) is 10.9. The van der Waals surface area contributed by atoms with E-state index in [0.717, 1.165) is 104 Å². The van der Waals surface area contributed by atoms with Crippen molar-refractivity contribution in [3.05, 3.63) is 0 Å². The number of unbranched alkanes of at least 4 members (excludes halogenated alkanes) is 1. The van der Waals surface area contributed by atoms with Crippen molar-refractivity contribution in [3.8, 4) is 0 Å². The number of amides is 1. The van der Waals surface area contributed by atoms with E-state index in [4.69, 9.17) is 11.5 Å². The monoisotopic (exact) mass is 358 g/mol. The maximum Gasteiger partial charge on any atom is 0.219 e. The summed E-state index contributed by atoms with van der Waals surface area (Å²) in [4.78, 5) is 13.6. The summed E-state index contributed by atoms with van der Waals surface area (Å²) in [6.45, 7) is 10.8. The van der Waals surface area contributed by atoms with Crippen LogP contribution in [0.5, 0.6) is 0 Å². The highest BCUT2D eigenvalue weighted by Gasteiger charge is 2.07. The molecule has 0 aromatic heterocycles. The molecule has 7 heteroatoms. The lowest BCUT2D eigenvalue weighted by molar-refractivity contribution is -0.128. The molecule has 0 fully saturated rings. The van der Waals surface area contributed by atoms with E-state index in [-0.39, 0.29) is 5.91 Å². The molecule has 0 aromatic rings. The van der Waals surface area contributed by atoms with Crippen LogP contribution in [0.1, 0.15) is 45.4 Å². The number of nitrogens with one attached hydrogen (secondary N) is 3. The summed E-state index contributed by atoms with van der Waals surface area (Å²) in [5.74, 6) is 0.170. The number of hydrogen-bond acceptors (Lipinski definition) is 6. The van der Waals surface area contributed by atoms with Crippen LogP contribution in [0.4, 0.5) is 0 Å². The summed E-state index contributed by atoms with van der Waals surface area (Å²) >= 11 is 0. The van der Waals surface area contributed by atoms with E-state index in [0.29, 0.717) is 0 Å². The van der Waals surface area contributed by atoms with Gasteiger partial charge in [-0.05, 0) is 90.9 Å². The normalized spacial score (nSPS) is 11.0. The molecule has 0 aliphatic heterocycles. The highest BCUT2D eigenvalue weighted by molar-refractivity contribution is 5.73. The Morgan fingerprint density at radius 2 is 1.12 bits per heavy atom. The van der Waals surface area contributed by atoms with E-state index in [1.54, 1.807) is 6.92 Å². The molecule has 0 saturated carbocycles. The summed E-state index contributed by atoms with van der Waals surface area (Å²) in [6.07, 6.45) is 6.39. The number of nitrogens with two attached hydrogens (primary N) is 2. The van der Waals surface area contributed by atoms with Gasteiger partial charge in [-0.25, -0.2) is 0 Å². The maximum atomic E-state index is 11.7. The predicted molar refractivity (Wildman–Crippen MR) is 107 cm³/mol. The van der Waals surface area contributed by atoms with E-state index in [2.05, 4.69) is 16.0 Å². The van der Waals surface area contributed by atoms with E-state index in [1.807, 2.05) is 4.90 Å². The zero-order valence-corrected chi connectivity index (χ0v) is 16.3. The van der Waals surface area contributed by atoms with Gasteiger partial charge in [0, 0.05) is 20.0 Å². The molecule has 1 amide bonds. The van der Waals surface area contributed by atoms with Crippen molar-refractivity contribution in [2.75, 3.05) is 65.4 Å². The van der Waals surface area contributed by atoms with Gasteiger partial charge in [0.2, 0.25) is 5.91 Å². The number of hydrogen-bond donors (Lipinski definition) is 5. The molecule has 0 heterocycles. The molecule has 0 aromatic carbocycles. The lowest BCUT2D eigenvalue weighted by Crippen LogP contribution is -2.34. The van der Waals surface area contributed by atoms with Crippen LogP contribution >= 0.6 is 0 Å². The van der Waals surface area contributed by atoms with Crippen LogP contribution in [0.15, 0.2) is 0 Å². The number of carbonyl (C=O) groups excluding carboxylic acids is 1. The van der Waals surface area contributed by atoms with Gasteiger partial charge in [-0.3, -0.25) is 4.79 Å². The van der Waals surface area contributed by atoms with Gasteiger partial charge < -0.3 is 32.3 Å². The fourth-order valence-electron chi connectivity index (χ4n) is 2.55. The third-order valence-corrected chi connectivity index (χ3v) is 4.08. The average molecular weight is 359 g/mol. The maximum absolute atomic E-state index is 11.7. The van der Waals surface area contributed by atoms with Crippen molar-refractivity contribution >= 4 is 5.91 Å². The molecule has 0 aliphatic rings. The van der Waals surface area contributed by atoms with Gasteiger partial charge in [0.15, 0.2) is 0 Å². The fourth-order valence-corrected chi connectivity index (χ4v) is 2.55. The molecule has 0 rings (SSSR count). The molecule has 0 aliphatic carbocycles. The van der Waals surface area contributed by atoms with Crippen molar-refractivity contribution in [2.45, 2.75) is 45.4 Å². The minimum absolute atomic E-state index is 0.170. The second-order valence-electron chi connectivity index (χ2n) is 6.45. The molecular weight excluding hydrogens is 316 g/mol. The second-order valence-corrected chi connectivity index (χ2v) is 6.45. The third kappa shape index (κ3) is 17.9. The van der Waals surface area contributed by atoms with Crippen molar-refractivity contribution in [3.63, 3.8) is 0 Å². The zero-order chi connectivity index (χ0) is 18.6. The molecule has 0 saturated heterocycles. The highest BCUT2D eigenvalue weighted by atomic mass is 16.2. The van der Waals surface area contributed by atoms with Gasteiger partial charge in [0.25, 0.3) is 0 Å². The van der Waals surface area contributed by atoms with E-state index >= 15 is 0 Å². The smallest absolute Gasteiger partial charge is 0.219 e. The Morgan fingerprint density at radius 3 is 1.60 bits per heavy atom. The minimum Gasteiger partial charge on any atom is -0.343 e. The highest BCUT2D eigenvalue weighted by Crippen LogP contribution is 1.95. The summed E-state index contributed by atoms with van der Waals surface area (Å²) < 4.78 is 0. The largest absolute Gasteiger partial charge is 0.343 e. The van der Waals surface area contributed by atoms with Gasteiger partial charge in [-0.15, -0.1) is 0 Å². The Bertz CT molecular complexity index is 291. The first-order valence-electron chi connectivity index (χ1n) is 10.00. The molecule has 0 radical (unpaired) electrons. The minimum atomic E-state index is 0.170. The summed E-state index contributed by atoms with van der Waals surface area (Å²) in [5, 5.41) is 10.2. The Kier molecular flexibility index (Phi) is 19.0. The molecule has 0 spiro atoms. The van der Waals surface area contributed by atoms with Crippen LogP contribution in [-0.4, -0.2) is 76.3 Å². The number of rotatable bonds is 19. The first kappa shape index (κ1) is 24.3. The third-order valence-electron chi connectivity index (χ3n) is 4.08. The lowest BCUT2D eigenvalue weighted by atomic mass is 10.3. The molecule has 7 nitrogen and oxygen atoms in total. The van der Waals surface area contributed by atoms with Gasteiger partial charge in [-0.2, -0.15) is 0 Å². The van der Waals surface area contributed by atoms with Gasteiger partial charge in [-0.1, -0.05) is 0 Å². The second kappa shape index (κ2) is 19.6. The lowest BCUT2D eigenvalue weighted by Gasteiger charge is -2.21. The number of carbonyl (C=O) groups is 1. The zero-order valence-electron chi connectivity index (χ0n) is 16.3. The van der Waals surface area contributed by atoms with Crippen LogP contribution < -0.4 is 27.4 Å². The summed E-state index contributed by atoms with van der Waals surface area (Å²) in [7, 11) is 0. The van der Waals surface area contributed by atoms with Gasteiger partial charge in [0.1, 0.15) is 0 Å². The SMILES string of the molecule is CC(=O)N(CCCNCCCN)CCCNCCCNCCCCN. The first-order valence-corrected chi connectivity index (χ1v) is 10.00. The van der Waals surface area contributed by atoms with E-state index in [9.17, 15) is 4.79 Å². The van der Waals surface area contributed by atoms with Crippen molar-refractivity contribution in [1.82, 2.24) is 20.9 Å². The molecule has 7 N–H and O–H groups in total. The van der Waals surface area contributed by atoms with Crippen LogP contribution in [0, 0.1) is 0 Å². The van der Waals surface area contributed by atoms with Crippen molar-refractivity contribution in [1.29, 1.82) is 0 Å². The molecule has 0 unspecified atom stereocenters. The van der Waals surface area contributed by atoms with Crippen LogP contribution in [0.3, 0.4) is 0 Å². The van der Waals surface area contributed by atoms with E-state index in [1.165, 1.54) is 0 Å².